The Morgan fingerprint density at radius 2 is 1.75 bits per heavy atom. The van der Waals surface area contributed by atoms with Crippen molar-refractivity contribution in [1.29, 1.82) is 0 Å². The van der Waals surface area contributed by atoms with Gasteiger partial charge in [-0.3, -0.25) is 0 Å². The molecule has 0 bridgehead atoms. The third-order valence-electron chi connectivity index (χ3n) is 3.66. The lowest BCUT2D eigenvalue weighted by Gasteiger charge is -2.25. The summed E-state index contributed by atoms with van der Waals surface area (Å²) in [5.74, 6) is 0.791. The van der Waals surface area contributed by atoms with Crippen molar-refractivity contribution in [3.05, 3.63) is 46.4 Å². The van der Waals surface area contributed by atoms with Gasteiger partial charge in [-0.2, -0.15) is 0 Å². The first-order chi connectivity index (χ1) is 7.81. The Balaban J connectivity index is 2.01. The molecule has 1 heteroatoms. The molecular weight excluding hydrogens is 212 g/mol. The molecule has 1 aromatic carbocycles. The SMILES string of the molecule is CSC(C)=C1CCC(c2ccccc2)CC1. The van der Waals surface area contributed by atoms with Crippen LogP contribution in [0.15, 0.2) is 40.8 Å². The van der Waals surface area contributed by atoms with Crippen LogP contribution in [0.4, 0.5) is 0 Å². The van der Waals surface area contributed by atoms with Crippen molar-refractivity contribution >= 4 is 11.8 Å². The Kier molecular flexibility index (Phi) is 4.11. The zero-order valence-corrected chi connectivity index (χ0v) is 11.0. The van der Waals surface area contributed by atoms with Gasteiger partial charge in [0.05, 0.1) is 0 Å². The molecule has 86 valence electrons. The third-order valence-corrected chi connectivity index (χ3v) is 4.57. The van der Waals surface area contributed by atoms with Crippen molar-refractivity contribution in [2.45, 2.75) is 38.5 Å². The van der Waals surface area contributed by atoms with Crippen molar-refractivity contribution in [2.24, 2.45) is 0 Å². The normalized spacial score (nSPS) is 20.9. The van der Waals surface area contributed by atoms with E-state index in [1.54, 1.807) is 10.5 Å². The third kappa shape index (κ3) is 2.70. The quantitative estimate of drug-likeness (QED) is 0.693. The van der Waals surface area contributed by atoms with Crippen LogP contribution in [0.5, 0.6) is 0 Å². The second-order valence-electron chi connectivity index (χ2n) is 4.55. The molecule has 1 aromatic rings. The lowest BCUT2D eigenvalue weighted by molar-refractivity contribution is 0.515. The van der Waals surface area contributed by atoms with Crippen LogP contribution in [0, 0.1) is 0 Å². The minimum absolute atomic E-state index is 0.791. The highest BCUT2D eigenvalue weighted by Gasteiger charge is 2.18. The van der Waals surface area contributed by atoms with Crippen LogP contribution in [-0.4, -0.2) is 6.26 Å². The predicted molar refractivity (Wildman–Crippen MR) is 73.9 cm³/mol. The maximum atomic E-state index is 2.28. The number of hydrogen-bond acceptors (Lipinski definition) is 1. The van der Waals surface area contributed by atoms with Crippen molar-refractivity contribution < 1.29 is 0 Å². The van der Waals surface area contributed by atoms with Crippen molar-refractivity contribution in [3.8, 4) is 0 Å². The van der Waals surface area contributed by atoms with Crippen LogP contribution < -0.4 is 0 Å². The van der Waals surface area contributed by atoms with E-state index in [1.807, 2.05) is 11.8 Å². The van der Waals surface area contributed by atoms with Crippen LogP contribution >= 0.6 is 11.8 Å². The summed E-state index contributed by atoms with van der Waals surface area (Å²) in [6, 6.07) is 11.0. The van der Waals surface area contributed by atoms with E-state index in [0.29, 0.717) is 0 Å². The summed E-state index contributed by atoms with van der Waals surface area (Å²) < 4.78 is 0. The molecule has 0 N–H and O–H groups in total. The van der Waals surface area contributed by atoms with E-state index in [4.69, 9.17) is 0 Å². The van der Waals surface area contributed by atoms with Gasteiger partial charge in [-0.1, -0.05) is 35.9 Å². The van der Waals surface area contributed by atoms with Gasteiger partial charge in [0.15, 0.2) is 0 Å². The van der Waals surface area contributed by atoms with Crippen LogP contribution in [0.1, 0.15) is 44.1 Å². The molecule has 1 aliphatic rings. The van der Waals surface area contributed by atoms with Gasteiger partial charge in [-0.15, -0.1) is 11.8 Å². The summed E-state index contributed by atoms with van der Waals surface area (Å²) in [5.41, 5.74) is 3.23. The molecular formula is C15H20S. The molecule has 1 saturated carbocycles. The highest BCUT2D eigenvalue weighted by Crippen LogP contribution is 2.37. The van der Waals surface area contributed by atoms with E-state index >= 15 is 0 Å². The lowest BCUT2D eigenvalue weighted by atomic mass is 9.81. The molecule has 1 fully saturated rings. The maximum absolute atomic E-state index is 2.28. The lowest BCUT2D eigenvalue weighted by Crippen LogP contribution is -2.07. The summed E-state index contributed by atoms with van der Waals surface area (Å²) in [6.07, 6.45) is 7.44. The van der Waals surface area contributed by atoms with E-state index in [0.717, 1.165) is 5.92 Å². The second kappa shape index (κ2) is 5.58. The second-order valence-corrected chi connectivity index (χ2v) is 5.57. The van der Waals surface area contributed by atoms with Crippen LogP contribution in [-0.2, 0) is 0 Å². The number of allylic oxidation sites excluding steroid dienone is 2. The van der Waals surface area contributed by atoms with Gasteiger partial charge in [0.25, 0.3) is 0 Å². The Hall–Kier alpha value is -0.690. The molecule has 0 spiro atoms. The minimum Gasteiger partial charge on any atom is -0.134 e. The molecule has 0 nitrogen and oxygen atoms in total. The largest absolute Gasteiger partial charge is 0.134 e. The van der Waals surface area contributed by atoms with Crippen LogP contribution in [0.3, 0.4) is 0 Å². The van der Waals surface area contributed by atoms with Gasteiger partial charge in [-0.05, 0) is 55.2 Å². The summed E-state index contributed by atoms with van der Waals surface area (Å²) in [5, 5.41) is 0. The van der Waals surface area contributed by atoms with Crippen molar-refractivity contribution in [1.82, 2.24) is 0 Å². The van der Waals surface area contributed by atoms with Crippen LogP contribution in [0.25, 0.3) is 0 Å². The predicted octanol–water partition coefficient (Wildman–Crippen LogP) is 4.98. The monoisotopic (exact) mass is 232 g/mol. The fourth-order valence-corrected chi connectivity index (χ4v) is 3.01. The zero-order chi connectivity index (χ0) is 11.4. The summed E-state index contributed by atoms with van der Waals surface area (Å²) in [7, 11) is 0. The summed E-state index contributed by atoms with van der Waals surface area (Å²) in [6.45, 7) is 2.27. The zero-order valence-electron chi connectivity index (χ0n) is 10.2. The summed E-state index contributed by atoms with van der Waals surface area (Å²) in [4.78, 5) is 1.55. The topological polar surface area (TPSA) is 0 Å². The Bertz CT molecular complexity index is 354. The van der Waals surface area contributed by atoms with E-state index in [1.165, 1.54) is 31.2 Å². The van der Waals surface area contributed by atoms with Crippen molar-refractivity contribution in [3.63, 3.8) is 0 Å². The molecule has 0 radical (unpaired) electrons. The maximum Gasteiger partial charge on any atom is -0.0140 e. The highest BCUT2D eigenvalue weighted by molar-refractivity contribution is 8.02. The van der Waals surface area contributed by atoms with E-state index in [2.05, 4.69) is 43.5 Å². The average molecular weight is 232 g/mol. The number of hydrogen-bond donors (Lipinski definition) is 0. The Morgan fingerprint density at radius 3 is 2.31 bits per heavy atom. The van der Waals surface area contributed by atoms with Gasteiger partial charge in [0.2, 0.25) is 0 Å². The van der Waals surface area contributed by atoms with Gasteiger partial charge in [0, 0.05) is 0 Å². The van der Waals surface area contributed by atoms with Crippen LogP contribution in [0.2, 0.25) is 0 Å². The Morgan fingerprint density at radius 1 is 1.12 bits per heavy atom. The van der Waals surface area contributed by atoms with E-state index in [-0.39, 0.29) is 0 Å². The van der Waals surface area contributed by atoms with Gasteiger partial charge in [-0.25, -0.2) is 0 Å². The minimum atomic E-state index is 0.791. The molecule has 1 aliphatic carbocycles. The summed E-state index contributed by atoms with van der Waals surface area (Å²) >= 11 is 1.91. The molecule has 0 saturated heterocycles. The molecule has 0 atom stereocenters. The molecule has 16 heavy (non-hydrogen) atoms. The number of benzene rings is 1. The van der Waals surface area contributed by atoms with Crippen molar-refractivity contribution in [2.75, 3.05) is 6.26 Å². The smallest absolute Gasteiger partial charge is 0.0140 e. The first-order valence-electron chi connectivity index (χ1n) is 6.09. The van der Waals surface area contributed by atoms with Gasteiger partial charge >= 0.3 is 0 Å². The fraction of sp³-hybridized carbons (Fsp3) is 0.467. The van der Waals surface area contributed by atoms with E-state index in [9.17, 15) is 0 Å². The fourth-order valence-electron chi connectivity index (χ4n) is 2.52. The molecule has 0 amide bonds. The first-order valence-corrected chi connectivity index (χ1v) is 7.31. The Labute approximate surface area is 103 Å². The molecule has 0 heterocycles. The number of rotatable bonds is 2. The molecule has 2 rings (SSSR count). The molecule has 0 unspecified atom stereocenters. The highest BCUT2D eigenvalue weighted by atomic mass is 32.2. The number of thioether (sulfide) groups is 1. The molecule has 0 aromatic heterocycles. The molecule has 0 aliphatic heterocycles. The van der Waals surface area contributed by atoms with E-state index < -0.39 is 0 Å². The van der Waals surface area contributed by atoms with Gasteiger partial charge < -0.3 is 0 Å². The van der Waals surface area contributed by atoms with Gasteiger partial charge in [0.1, 0.15) is 0 Å². The standard InChI is InChI=1S/C15H20S/c1-12(16-2)13-8-10-15(11-9-13)14-6-4-3-5-7-14/h3-7,15H,8-11H2,1-2H3. The average Bonchev–Trinajstić information content (AvgIpc) is 2.39. The first kappa shape index (κ1) is 11.8.